The highest BCUT2D eigenvalue weighted by atomic mass is 32.2. The zero-order valence-electron chi connectivity index (χ0n) is 15.9. The van der Waals surface area contributed by atoms with Crippen LogP contribution >= 0.6 is 11.8 Å². The molecule has 1 aromatic rings. The lowest BCUT2D eigenvalue weighted by Crippen LogP contribution is -2.28. The van der Waals surface area contributed by atoms with Gasteiger partial charge in [0, 0.05) is 24.9 Å². The summed E-state index contributed by atoms with van der Waals surface area (Å²) in [6.07, 6.45) is 3.94. The van der Waals surface area contributed by atoms with Gasteiger partial charge < -0.3 is 14.6 Å². The van der Waals surface area contributed by atoms with Crippen LogP contribution in [0.25, 0.3) is 0 Å². The maximum atomic E-state index is 9.11. The van der Waals surface area contributed by atoms with Crippen molar-refractivity contribution < 1.29 is 4.42 Å². The van der Waals surface area contributed by atoms with Gasteiger partial charge in [-0.15, -0.1) is 0 Å². The van der Waals surface area contributed by atoms with E-state index in [0.717, 1.165) is 42.7 Å². The molecule has 2 aliphatic heterocycles. The number of furan rings is 1. The SMILES string of the molecule is CC1CN(CCSCc2ccc(CN3CCCCC3)o2)C(=C(C#N)C#N)N1. The van der Waals surface area contributed by atoms with Gasteiger partial charge in [-0.3, -0.25) is 4.90 Å². The van der Waals surface area contributed by atoms with Gasteiger partial charge in [-0.05, 0) is 45.0 Å². The Hall–Kier alpha value is -2.09. The Morgan fingerprint density at radius 2 is 1.96 bits per heavy atom. The van der Waals surface area contributed by atoms with Crippen molar-refractivity contribution in [3.05, 3.63) is 35.0 Å². The fourth-order valence-corrected chi connectivity index (χ4v) is 4.48. The molecule has 0 saturated carbocycles. The van der Waals surface area contributed by atoms with Crippen LogP contribution in [0.5, 0.6) is 0 Å². The molecule has 1 unspecified atom stereocenters. The van der Waals surface area contributed by atoms with Crippen molar-refractivity contribution in [3.63, 3.8) is 0 Å². The summed E-state index contributed by atoms with van der Waals surface area (Å²) in [5, 5.41) is 21.5. The van der Waals surface area contributed by atoms with Gasteiger partial charge in [0.05, 0.1) is 12.3 Å². The molecule has 0 bridgehead atoms. The van der Waals surface area contributed by atoms with Gasteiger partial charge in [-0.1, -0.05) is 6.42 Å². The number of hydrogen-bond donors (Lipinski definition) is 1. The Balaban J connectivity index is 1.43. The molecule has 1 aromatic heterocycles. The highest BCUT2D eigenvalue weighted by molar-refractivity contribution is 7.98. The van der Waals surface area contributed by atoms with Crippen LogP contribution in [0, 0.1) is 22.7 Å². The number of rotatable bonds is 7. The molecule has 0 amide bonds. The van der Waals surface area contributed by atoms with E-state index in [2.05, 4.69) is 34.2 Å². The molecule has 7 heteroatoms. The molecule has 0 aliphatic carbocycles. The highest BCUT2D eigenvalue weighted by Gasteiger charge is 2.25. The molecular weight excluding hydrogens is 358 g/mol. The summed E-state index contributed by atoms with van der Waals surface area (Å²) in [6.45, 7) is 6.97. The minimum absolute atomic E-state index is 0.165. The number of nitriles is 2. The molecule has 1 N–H and O–H groups in total. The topological polar surface area (TPSA) is 79.2 Å². The first-order valence-electron chi connectivity index (χ1n) is 9.63. The lowest BCUT2D eigenvalue weighted by molar-refractivity contribution is 0.204. The quantitative estimate of drug-likeness (QED) is 0.571. The van der Waals surface area contributed by atoms with Crippen LogP contribution in [0.3, 0.4) is 0 Å². The minimum atomic E-state index is 0.165. The molecule has 2 aliphatic rings. The van der Waals surface area contributed by atoms with Crippen molar-refractivity contribution in [2.24, 2.45) is 0 Å². The Bertz CT molecular complexity index is 722. The zero-order valence-corrected chi connectivity index (χ0v) is 16.7. The van der Waals surface area contributed by atoms with E-state index in [1.807, 2.05) is 23.9 Å². The summed E-state index contributed by atoms with van der Waals surface area (Å²) < 4.78 is 5.99. The van der Waals surface area contributed by atoms with E-state index in [1.54, 1.807) is 0 Å². The number of likely N-dealkylation sites (tertiary alicyclic amines) is 1. The Labute approximate surface area is 165 Å². The standard InChI is InChI=1S/C20H27N5OS/c1-16-13-25(20(23-16)17(11-21)12-22)9-10-27-15-19-6-5-18(26-19)14-24-7-3-2-4-8-24/h5-6,16,23H,2-4,7-10,13-15H2,1H3. The normalized spacial score (nSPS) is 20.2. The number of nitrogens with one attached hydrogen (secondary N) is 1. The highest BCUT2D eigenvalue weighted by Crippen LogP contribution is 2.21. The summed E-state index contributed by atoms with van der Waals surface area (Å²) in [7, 11) is 0. The third-order valence-corrected chi connectivity index (χ3v) is 5.91. The molecule has 2 fully saturated rings. The maximum absolute atomic E-state index is 9.11. The van der Waals surface area contributed by atoms with E-state index in [0.29, 0.717) is 5.82 Å². The maximum Gasteiger partial charge on any atom is 0.169 e. The van der Waals surface area contributed by atoms with Crippen LogP contribution in [0.4, 0.5) is 0 Å². The fourth-order valence-electron chi connectivity index (χ4n) is 3.63. The lowest BCUT2D eigenvalue weighted by Gasteiger charge is -2.25. The molecule has 3 rings (SSSR count). The first kappa shape index (κ1) is 19.7. The summed E-state index contributed by atoms with van der Waals surface area (Å²) in [6, 6.07) is 8.41. The predicted molar refractivity (Wildman–Crippen MR) is 106 cm³/mol. The van der Waals surface area contributed by atoms with E-state index in [-0.39, 0.29) is 11.6 Å². The van der Waals surface area contributed by atoms with E-state index in [1.165, 1.54) is 32.4 Å². The average Bonchev–Trinajstić information content (AvgIpc) is 3.27. The second-order valence-electron chi connectivity index (χ2n) is 7.20. The molecule has 3 heterocycles. The summed E-state index contributed by atoms with van der Waals surface area (Å²) in [5.41, 5.74) is 0.165. The number of thioether (sulfide) groups is 1. The van der Waals surface area contributed by atoms with E-state index < -0.39 is 0 Å². The lowest BCUT2D eigenvalue weighted by atomic mass is 10.1. The number of nitrogens with zero attached hydrogens (tertiary/aromatic N) is 4. The van der Waals surface area contributed by atoms with Crippen molar-refractivity contribution >= 4 is 11.8 Å². The zero-order chi connectivity index (χ0) is 19.1. The number of hydrogen-bond acceptors (Lipinski definition) is 7. The van der Waals surface area contributed by atoms with Gasteiger partial charge >= 0.3 is 0 Å². The van der Waals surface area contributed by atoms with Crippen molar-refractivity contribution in [2.75, 3.05) is 31.9 Å². The van der Waals surface area contributed by atoms with E-state index in [4.69, 9.17) is 14.9 Å². The largest absolute Gasteiger partial charge is 0.464 e. The van der Waals surface area contributed by atoms with Crippen LogP contribution in [-0.4, -0.2) is 47.8 Å². The van der Waals surface area contributed by atoms with Crippen molar-refractivity contribution in [1.82, 2.24) is 15.1 Å². The van der Waals surface area contributed by atoms with Gasteiger partial charge in [-0.25, -0.2) is 0 Å². The van der Waals surface area contributed by atoms with Crippen LogP contribution in [0.1, 0.15) is 37.7 Å². The molecule has 27 heavy (non-hydrogen) atoms. The summed E-state index contributed by atoms with van der Waals surface area (Å²) in [4.78, 5) is 4.57. The second kappa shape index (κ2) is 9.73. The van der Waals surface area contributed by atoms with Crippen LogP contribution in [0.15, 0.2) is 27.9 Å². The third kappa shape index (κ3) is 5.45. The molecule has 0 radical (unpaired) electrons. The van der Waals surface area contributed by atoms with Crippen molar-refractivity contribution in [3.8, 4) is 12.1 Å². The summed E-state index contributed by atoms with van der Waals surface area (Å²) in [5.74, 6) is 4.52. The van der Waals surface area contributed by atoms with Crippen molar-refractivity contribution in [1.29, 1.82) is 10.5 Å². The Kier molecular flexibility index (Phi) is 7.09. The molecule has 6 nitrogen and oxygen atoms in total. The van der Waals surface area contributed by atoms with Crippen molar-refractivity contribution in [2.45, 2.75) is 44.5 Å². The van der Waals surface area contributed by atoms with Gasteiger partial charge in [0.15, 0.2) is 5.57 Å². The molecule has 2 saturated heterocycles. The number of allylic oxidation sites excluding steroid dienone is 1. The third-order valence-electron chi connectivity index (χ3n) is 4.95. The number of piperidine rings is 1. The fraction of sp³-hybridized carbons (Fsp3) is 0.600. The first-order valence-corrected chi connectivity index (χ1v) is 10.8. The second-order valence-corrected chi connectivity index (χ2v) is 8.30. The molecule has 144 valence electrons. The Morgan fingerprint density at radius 1 is 1.22 bits per heavy atom. The smallest absolute Gasteiger partial charge is 0.169 e. The van der Waals surface area contributed by atoms with Crippen LogP contribution in [0.2, 0.25) is 0 Å². The monoisotopic (exact) mass is 385 g/mol. The molecule has 1 atom stereocenters. The van der Waals surface area contributed by atoms with Gasteiger partial charge in [-0.2, -0.15) is 22.3 Å². The van der Waals surface area contributed by atoms with E-state index >= 15 is 0 Å². The van der Waals surface area contributed by atoms with Gasteiger partial charge in [0.1, 0.15) is 29.5 Å². The first-order chi connectivity index (χ1) is 13.2. The van der Waals surface area contributed by atoms with Gasteiger partial charge in [0.2, 0.25) is 0 Å². The van der Waals surface area contributed by atoms with Gasteiger partial charge in [0.25, 0.3) is 0 Å². The average molecular weight is 386 g/mol. The molecular formula is C20H27N5OS. The minimum Gasteiger partial charge on any atom is -0.464 e. The summed E-state index contributed by atoms with van der Waals surface area (Å²) >= 11 is 1.82. The Morgan fingerprint density at radius 3 is 2.70 bits per heavy atom. The van der Waals surface area contributed by atoms with Crippen LogP contribution < -0.4 is 5.32 Å². The molecule has 0 aromatic carbocycles. The van der Waals surface area contributed by atoms with E-state index in [9.17, 15) is 0 Å². The molecule has 0 spiro atoms. The van der Waals surface area contributed by atoms with Crippen LogP contribution in [-0.2, 0) is 12.3 Å². The predicted octanol–water partition coefficient (Wildman–Crippen LogP) is 3.05.